The van der Waals surface area contributed by atoms with Gasteiger partial charge in [-0.3, -0.25) is 0 Å². The number of hydrogen-bond acceptors (Lipinski definition) is 3. The third-order valence-corrected chi connectivity index (χ3v) is 10.4. The Balaban J connectivity index is 2.53. The Kier molecular flexibility index (Phi) is 4.88. The standard InChI is InChI=1S/C20H34O3Si/c1-13-14(2)18-16(10-11-20(7,12-21)22-18)15(3)17(13)23-24(8,9)19(4,5)6/h21H,10-12H2,1-9H3/t20-/m0/s1. The van der Waals surface area contributed by atoms with Crippen LogP contribution in [0.5, 0.6) is 11.5 Å². The summed E-state index contributed by atoms with van der Waals surface area (Å²) in [6.45, 7) is 19.8. The minimum absolute atomic E-state index is 0.0478. The Bertz CT molecular complexity index is 644. The third-order valence-electron chi connectivity index (χ3n) is 6.06. The second-order valence-corrected chi connectivity index (χ2v) is 13.8. The van der Waals surface area contributed by atoms with E-state index in [2.05, 4.69) is 54.6 Å². The minimum Gasteiger partial charge on any atom is -0.543 e. The third kappa shape index (κ3) is 3.23. The first-order valence-electron chi connectivity index (χ1n) is 8.94. The Morgan fingerprint density at radius 2 is 1.71 bits per heavy atom. The van der Waals surface area contributed by atoms with Crippen molar-refractivity contribution in [1.82, 2.24) is 0 Å². The second-order valence-electron chi connectivity index (χ2n) is 9.08. The number of ether oxygens (including phenoxy) is 1. The lowest BCUT2D eigenvalue weighted by Crippen LogP contribution is -2.44. The molecule has 0 radical (unpaired) electrons. The Labute approximate surface area is 148 Å². The normalized spacial score (nSPS) is 21.2. The predicted molar refractivity (Wildman–Crippen MR) is 103 cm³/mol. The molecule has 0 fully saturated rings. The number of fused-ring (bicyclic) bond motifs is 1. The highest BCUT2D eigenvalue weighted by molar-refractivity contribution is 6.74. The van der Waals surface area contributed by atoms with E-state index in [0.29, 0.717) is 0 Å². The lowest BCUT2D eigenvalue weighted by molar-refractivity contribution is 0.00723. The maximum Gasteiger partial charge on any atom is 0.250 e. The van der Waals surface area contributed by atoms with E-state index in [1.54, 1.807) is 0 Å². The van der Waals surface area contributed by atoms with Gasteiger partial charge in [-0.2, -0.15) is 0 Å². The van der Waals surface area contributed by atoms with Crippen LogP contribution in [0.2, 0.25) is 18.1 Å². The van der Waals surface area contributed by atoms with E-state index in [-0.39, 0.29) is 11.6 Å². The van der Waals surface area contributed by atoms with Crippen LogP contribution >= 0.6 is 0 Å². The van der Waals surface area contributed by atoms with Crippen LogP contribution < -0.4 is 9.16 Å². The smallest absolute Gasteiger partial charge is 0.250 e. The topological polar surface area (TPSA) is 38.7 Å². The molecule has 1 aliphatic rings. The molecule has 1 heterocycles. The van der Waals surface area contributed by atoms with Gasteiger partial charge in [-0.25, -0.2) is 0 Å². The van der Waals surface area contributed by atoms with Gasteiger partial charge in [-0.05, 0) is 75.4 Å². The fourth-order valence-corrected chi connectivity index (χ4v) is 4.08. The van der Waals surface area contributed by atoms with Crippen LogP contribution in [-0.4, -0.2) is 25.6 Å². The summed E-state index contributed by atoms with van der Waals surface area (Å²) in [4.78, 5) is 0. The van der Waals surface area contributed by atoms with Crippen molar-refractivity contribution in [3.63, 3.8) is 0 Å². The SMILES string of the molecule is Cc1c(C)c2c(c(C)c1O[Si](C)(C)C(C)(C)C)CC[C@@](C)(CO)O2. The van der Waals surface area contributed by atoms with Crippen LogP contribution in [0.15, 0.2) is 0 Å². The summed E-state index contributed by atoms with van der Waals surface area (Å²) in [6, 6.07) is 0. The molecule has 4 heteroatoms. The summed E-state index contributed by atoms with van der Waals surface area (Å²) in [5, 5.41) is 9.83. The van der Waals surface area contributed by atoms with Gasteiger partial charge < -0.3 is 14.3 Å². The van der Waals surface area contributed by atoms with Crippen molar-refractivity contribution in [2.75, 3.05) is 6.61 Å². The average Bonchev–Trinajstić information content (AvgIpc) is 2.48. The first-order valence-corrected chi connectivity index (χ1v) is 11.9. The van der Waals surface area contributed by atoms with Crippen molar-refractivity contribution in [3.8, 4) is 11.5 Å². The van der Waals surface area contributed by atoms with E-state index >= 15 is 0 Å². The maximum atomic E-state index is 9.66. The van der Waals surface area contributed by atoms with E-state index in [1.807, 2.05) is 6.92 Å². The van der Waals surface area contributed by atoms with Crippen molar-refractivity contribution in [3.05, 3.63) is 22.3 Å². The molecule has 136 valence electrons. The van der Waals surface area contributed by atoms with Gasteiger partial charge in [0.2, 0.25) is 0 Å². The van der Waals surface area contributed by atoms with Crippen LogP contribution in [0.3, 0.4) is 0 Å². The number of aliphatic hydroxyl groups is 1. The van der Waals surface area contributed by atoms with Gasteiger partial charge in [-0.1, -0.05) is 20.8 Å². The Morgan fingerprint density at radius 3 is 2.21 bits per heavy atom. The summed E-state index contributed by atoms with van der Waals surface area (Å²) in [6.07, 6.45) is 1.76. The molecule has 0 unspecified atom stereocenters. The molecule has 0 saturated carbocycles. The molecule has 1 aromatic rings. The van der Waals surface area contributed by atoms with Gasteiger partial charge in [0, 0.05) is 5.56 Å². The molecule has 3 nitrogen and oxygen atoms in total. The quantitative estimate of drug-likeness (QED) is 0.773. The molecule has 0 aromatic heterocycles. The first kappa shape index (κ1) is 19.3. The van der Waals surface area contributed by atoms with Crippen LogP contribution in [-0.2, 0) is 6.42 Å². The number of aliphatic hydroxyl groups excluding tert-OH is 1. The Morgan fingerprint density at radius 1 is 1.12 bits per heavy atom. The van der Waals surface area contributed by atoms with Gasteiger partial charge in [0.15, 0.2) is 0 Å². The number of benzene rings is 1. The molecule has 24 heavy (non-hydrogen) atoms. The van der Waals surface area contributed by atoms with Crippen LogP contribution in [0.4, 0.5) is 0 Å². The summed E-state index contributed by atoms with van der Waals surface area (Å²) in [7, 11) is -1.89. The van der Waals surface area contributed by atoms with Crippen LogP contribution in [0, 0.1) is 20.8 Å². The van der Waals surface area contributed by atoms with Crippen molar-refractivity contribution >= 4 is 8.32 Å². The van der Waals surface area contributed by atoms with Gasteiger partial charge in [-0.15, -0.1) is 0 Å². The molecule has 0 bridgehead atoms. The van der Waals surface area contributed by atoms with E-state index < -0.39 is 13.9 Å². The van der Waals surface area contributed by atoms with Crippen molar-refractivity contribution < 1.29 is 14.3 Å². The molecule has 1 aromatic carbocycles. The van der Waals surface area contributed by atoms with Gasteiger partial charge >= 0.3 is 0 Å². The van der Waals surface area contributed by atoms with Crippen LogP contribution in [0.1, 0.15) is 56.4 Å². The highest BCUT2D eigenvalue weighted by Crippen LogP contribution is 2.46. The average molecular weight is 351 g/mol. The zero-order chi connectivity index (χ0) is 18.5. The summed E-state index contributed by atoms with van der Waals surface area (Å²) in [5.41, 5.74) is 4.29. The number of rotatable bonds is 3. The molecule has 2 rings (SSSR count). The minimum atomic E-state index is -1.89. The summed E-state index contributed by atoms with van der Waals surface area (Å²) >= 11 is 0. The molecule has 1 N–H and O–H groups in total. The lowest BCUT2D eigenvalue weighted by atomic mass is 9.87. The molecular weight excluding hydrogens is 316 g/mol. The highest BCUT2D eigenvalue weighted by atomic mass is 28.4. The molecule has 1 aliphatic heterocycles. The van der Waals surface area contributed by atoms with E-state index in [9.17, 15) is 5.11 Å². The Hall–Kier alpha value is -1.00. The molecule has 0 saturated heterocycles. The highest BCUT2D eigenvalue weighted by Gasteiger charge is 2.41. The first-order chi connectivity index (χ1) is 10.8. The fourth-order valence-electron chi connectivity index (χ4n) is 2.95. The molecule has 0 spiro atoms. The van der Waals surface area contributed by atoms with Crippen molar-refractivity contribution in [1.29, 1.82) is 0 Å². The molecule has 0 aliphatic carbocycles. The van der Waals surface area contributed by atoms with Crippen molar-refractivity contribution in [2.45, 2.75) is 85.0 Å². The molecule has 0 amide bonds. The zero-order valence-corrected chi connectivity index (χ0v) is 17.9. The maximum absolute atomic E-state index is 9.66. The van der Waals surface area contributed by atoms with Crippen molar-refractivity contribution in [2.24, 2.45) is 0 Å². The zero-order valence-electron chi connectivity index (χ0n) is 16.9. The fraction of sp³-hybridized carbons (Fsp3) is 0.700. The summed E-state index contributed by atoms with van der Waals surface area (Å²) < 4.78 is 12.9. The summed E-state index contributed by atoms with van der Waals surface area (Å²) in [5.74, 6) is 2.00. The van der Waals surface area contributed by atoms with Gasteiger partial charge in [0.1, 0.15) is 17.1 Å². The van der Waals surface area contributed by atoms with Gasteiger partial charge in [0.05, 0.1) is 6.61 Å². The largest absolute Gasteiger partial charge is 0.543 e. The van der Waals surface area contributed by atoms with Gasteiger partial charge in [0.25, 0.3) is 8.32 Å². The van der Waals surface area contributed by atoms with E-state index in [0.717, 1.165) is 29.9 Å². The monoisotopic (exact) mass is 350 g/mol. The van der Waals surface area contributed by atoms with Crippen LogP contribution in [0.25, 0.3) is 0 Å². The molecular formula is C20H34O3Si. The van der Waals surface area contributed by atoms with E-state index in [4.69, 9.17) is 9.16 Å². The lowest BCUT2D eigenvalue weighted by Gasteiger charge is -2.40. The second kappa shape index (κ2) is 6.06. The number of hydrogen-bond donors (Lipinski definition) is 1. The predicted octanol–water partition coefficient (Wildman–Crippen LogP) is 5.07. The van der Waals surface area contributed by atoms with E-state index in [1.165, 1.54) is 16.7 Å². The molecule has 1 atom stereocenters.